The van der Waals surface area contributed by atoms with Crippen molar-refractivity contribution in [1.29, 1.82) is 0 Å². The van der Waals surface area contributed by atoms with Crippen LogP contribution in [0.15, 0.2) is 0 Å². The molecule has 1 spiro atoms. The van der Waals surface area contributed by atoms with Crippen LogP contribution in [0.3, 0.4) is 0 Å². The van der Waals surface area contributed by atoms with Crippen molar-refractivity contribution in [2.24, 2.45) is 0 Å². The van der Waals surface area contributed by atoms with E-state index in [1.165, 1.54) is 0 Å². The molecule has 6 heteroatoms. The Kier molecular flexibility index (Phi) is 5.78. The Bertz CT molecular complexity index is 463. The maximum atomic E-state index is 12.3. The molecule has 1 saturated heterocycles. The lowest BCUT2D eigenvalue weighted by atomic mass is 9.77. The summed E-state index contributed by atoms with van der Waals surface area (Å²) in [5, 5.41) is 2.99. The van der Waals surface area contributed by atoms with Gasteiger partial charge in [-0.25, -0.2) is 4.79 Å². The second-order valence-corrected chi connectivity index (χ2v) is 8.49. The molecular weight excluding hydrogens is 306 g/mol. The highest BCUT2D eigenvalue weighted by Gasteiger charge is 2.46. The van der Waals surface area contributed by atoms with Crippen molar-refractivity contribution >= 4 is 12.0 Å². The fourth-order valence-corrected chi connectivity index (χ4v) is 3.83. The number of rotatable bonds is 4. The minimum absolute atomic E-state index is 0.0131. The topological polar surface area (TPSA) is 61.9 Å². The van der Waals surface area contributed by atoms with Crippen molar-refractivity contribution in [2.45, 2.75) is 76.5 Å². The number of likely N-dealkylation sites (tertiary alicyclic amines) is 1. The first-order chi connectivity index (χ1) is 11.1. The Labute approximate surface area is 145 Å². The van der Waals surface area contributed by atoms with Crippen LogP contribution in [-0.4, -0.2) is 66.2 Å². The van der Waals surface area contributed by atoms with Crippen molar-refractivity contribution in [3.63, 3.8) is 0 Å². The van der Waals surface area contributed by atoms with Gasteiger partial charge < -0.3 is 19.9 Å². The van der Waals surface area contributed by atoms with Crippen LogP contribution in [0.2, 0.25) is 0 Å². The second-order valence-electron chi connectivity index (χ2n) is 8.49. The van der Waals surface area contributed by atoms with Crippen molar-refractivity contribution in [1.82, 2.24) is 15.1 Å². The molecule has 138 valence electrons. The van der Waals surface area contributed by atoms with Gasteiger partial charge in [-0.1, -0.05) is 0 Å². The highest BCUT2D eigenvalue weighted by Crippen LogP contribution is 2.42. The molecule has 2 fully saturated rings. The molecule has 0 unspecified atom stereocenters. The molecule has 1 aliphatic heterocycles. The third-order valence-corrected chi connectivity index (χ3v) is 5.09. The zero-order chi connectivity index (χ0) is 18.0. The Morgan fingerprint density at radius 2 is 1.92 bits per heavy atom. The lowest BCUT2D eigenvalue weighted by molar-refractivity contribution is -0.132. The van der Waals surface area contributed by atoms with E-state index >= 15 is 0 Å². The van der Waals surface area contributed by atoms with E-state index in [4.69, 9.17) is 4.74 Å². The van der Waals surface area contributed by atoms with Crippen molar-refractivity contribution in [3.8, 4) is 0 Å². The van der Waals surface area contributed by atoms with Crippen LogP contribution >= 0.6 is 0 Å². The maximum Gasteiger partial charge on any atom is 0.407 e. The fraction of sp³-hybridized carbons (Fsp3) is 0.889. The Morgan fingerprint density at radius 3 is 2.46 bits per heavy atom. The van der Waals surface area contributed by atoms with Gasteiger partial charge >= 0.3 is 6.09 Å². The third kappa shape index (κ3) is 4.85. The van der Waals surface area contributed by atoms with Crippen LogP contribution < -0.4 is 5.32 Å². The van der Waals surface area contributed by atoms with Crippen LogP contribution in [0.1, 0.15) is 59.3 Å². The number of nitrogens with one attached hydrogen (secondary N) is 1. The van der Waals surface area contributed by atoms with Gasteiger partial charge in [0.25, 0.3) is 0 Å². The van der Waals surface area contributed by atoms with Gasteiger partial charge in [-0.2, -0.15) is 0 Å². The first-order valence-electron chi connectivity index (χ1n) is 9.06. The van der Waals surface area contributed by atoms with Gasteiger partial charge in [-0.15, -0.1) is 0 Å². The van der Waals surface area contributed by atoms with Crippen LogP contribution in [0.5, 0.6) is 0 Å². The number of ether oxygens (including phenoxy) is 1. The van der Waals surface area contributed by atoms with Gasteiger partial charge in [0.05, 0.1) is 0 Å². The molecule has 6 nitrogen and oxygen atoms in total. The SMILES string of the molecule is CN(C)CCN1C(=O)CCC12CCC(NC(=O)OC(C)(C)C)CC2. The van der Waals surface area contributed by atoms with E-state index in [-0.39, 0.29) is 23.6 Å². The molecule has 0 aromatic heterocycles. The molecule has 0 aromatic carbocycles. The lowest BCUT2D eigenvalue weighted by Crippen LogP contribution is -2.53. The van der Waals surface area contributed by atoms with Crippen molar-refractivity contribution in [3.05, 3.63) is 0 Å². The summed E-state index contributed by atoms with van der Waals surface area (Å²) < 4.78 is 5.34. The molecular formula is C18H33N3O3. The van der Waals surface area contributed by atoms with Crippen LogP contribution in [-0.2, 0) is 9.53 Å². The zero-order valence-electron chi connectivity index (χ0n) is 15.9. The smallest absolute Gasteiger partial charge is 0.407 e. The van der Waals surface area contributed by atoms with Crippen molar-refractivity contribution in [2.75, 3.05) is 27.2 Å². The number of hydrogen-bond acceptors (Lipinski definition) is 4. The van der Waals surface area contributed by atoms with E-state index in [1.807, 2.05) is 34.9 Å². The van der Waals surface area contributed by atoms with E-state index in [2.05, 4.69) is 15.1 Å². The first-order valence-corrected chi connectivity index (χ1v) is 9.06. The number of carbonyl (C=O) groups is 2. The summed E-state index contributed by atoms with van der Waals surface area (Å²) in [5.41, 5.74) is -0.458. The van der Waals surface area contributed by atoms with Gasteiger partial charge in [-0.3, -0.25) is 4.79 Å². The molecule has 1 heterocycles. The highest BCUT2D eigenvalue weighted by molar-refractivity contribution is 5.79. The van der Waals surface area contributed by atoms with E-state index in [1.54, 1.807) is 0 Å². The summed E-state index contributed by atoms with van der Waals surface area (Å²) in [4.78, 5) is 28.5. The first kappa shape index (κ1) is 19.0. The Hall–Kier alpha value is -1.30. The normalized spacial score (nSPS) is 27.8. The average Bonchev–Trinajstić information content (AvgIpc) is 2.74. The van der Waals surface area contributed by atoms with Crippen molar-refractivity contribution < 1.29 is 14.3 Å². The Balaban J connectivity index is 1.88. The van der Waals surface area contributed by atoms with Gasteiger partial charge in [0.15, 0.2) is 0 Å². The monoisotopic (exact) mass is 339 g/mol. The minimum Gasteiger partial charge on any atom is -0.444 e. The van der Waals surface area contributed by atoms with E-state index in [9.17, 15) is 9.59 Å². The van der Waals surface area contributed by atoms with E-state index < -0.39 is 5.60 Å². The number of likely N-dealkylation sites (N-methyl/N-ethyl adjacent to an activating group) is 1. The molecule has 2 aliphatic rings. The van der Waals surface area contributed by atoms with E-state index in [0.29, 0.717) is 6.42 Å². The van der Waals surface area contributed by atoms with Crippen LogP contribution in [0.4, 0.5) is 4.79 Å². The van der Waals surface area contributed by atoms with Gasteiger partial charge in [0, 0.05) is 31.1 Å². The molecule has 1 saturated carbocycles. The molecule has 0 bridgehead atoms. The lowest BCUT2D eigenvalue weighted by Gasteiger charge is -2.44. The second kappa shape index (κ2) is 7.30. The minimum atomic E-state index is -0.471. The molecule has 0 aromatic rings. The summed E-state index contributed by atoms with van der Waals surface area (Å²) in [6, 6.07) is 0.150. The number of alkyl carbamates (subject to hydrolysis) is 1. The van der Waals surface area contributed by atoms with Gasteiger partial charge in [-0.05, 0) is 67.0 Å². The number of amides is 2. The Morgan fingerprint density at radius 1 is 1.29 bits per heavy atom. The van der Waals surface area contributed by atoms with Gasteiger partial charge in [0.1, 0.15) is 5.60 Å². The number of carbonyl (C=O) groups excluding carboxylic acids is 2. The fourth-order valence-electron chi connectivity index (χ4n) is 3.83. The van der Waals surface area contributed by atoms with Gasteiger partial charge in [0.2, 0.25) is 5.91 Å². The van der Waals surface area contributed by atoms with E-state index in [0.717, 1.165) is 45.2 Å². The molecule has 0 atom stereocenters. The third-order valence-electron chi connectivity index (χ3n) is 5.09. The summed E-state index contributed by atoms with van der Waals surface area (Å²) >= 11 is 0. The molecule has 2 rings (SSSR count). The molecule has 1 aliphatic carbocycles. The predicted molar refractivity (Wildman–Crippen MR) is 93.9 cm³/mol. The average molecular weight is 339 g/mol. The standard InChI is InChI=1S/C18H33N3O3/c1-17(2,3)24-16(23)19-14-6-9-18(10-7-14)11-8-15(22)21(18)13-12-20(4)5/h14H,6-13H2,1-5H3,(H,19,23). The maximum absolute atomic E-state index is 12.3. The summed E-state index contributed by atoms with van der Waals surface area (Å²) in [7, 11) is 4.07. The van der Waals surface area contributed by atoms with Crippen LogP contribution in [0, 0.1) is 0 Å². The molecule has 0 radical (unpaired) electrons. The highest BCUT2D eigenvalue weighted by atomic mass is 16.6. The quantitative estimate of drug-likeness (QED) is 0.854. The van der Waals surface area contributed by atoms with Crippen LogP contribution in [0.25, 0.3) is 0 Å². The molecule has 24 heavy (non-hydrogen) atoms. The number of hydrogen-bond donors (Lipinski definition) is 1. The summed E-state index contributed by atoms with van der Waals surface area (Å²) in [6.07, 6.45) is 5.03. The largest absolute Gasteiger partial charge is 0.444 e. The zero-order valence-corrected chi connectivity index (χ0v) is 15.9. The molecule has 2 amide bonds. The predicted octanol–water partition coefficient (Wildman–Crippen LogP) is 2.38. The summed E-state index contributed by atoms with van der Waals surface area (Å²) in [6.45, 7) is 7.31. The molecule has 1 N–H and O–H groups in total. The summed E-state index contributed by atoms with van der Waals surface area (Å²) in [5.74, 6) is 0.287. The number of nitrogens with zero attached hydrogens (tertiary/aromatic N) is 2.